The number of ether oxygens (including phenoxy) is 1. The molecule has 0 heterocycles. The number of hydrogen-bond donors (Lipinski definition) is 0. The van der Waals surface area contributed by atoms with E-state index in [2.05, 4.69) is 22.9 Å². The molecular weight excluding hydrogens is 476 g/mol. The van der Waals surface area contributed by atoms with E-state index in [1.165, 1.54) is 76.2 Å². The van der Waals surface area contributed by atoms with Gasteiger partial charge in [-0.15, -0.1) is 0 Å². The topological polar surface area (TPSA) is 43.4 Å². The highest BCUT2D eigenvalue weighted by Crippen LogP contribution is 2.64. The van der Waals surface area contributed by atoms with Gasteiger partial charge in [-0.25, -0.2) is 0 Å². The van der Waals surface area contributed by atoms with E-state index in [1.807, 2.05) is 6.08 Å². The van der Waals surface area contributed by atoms with E-state index in [-0.39, 0.29) is 17.5 Å². The molecule has 0 amide bonds. The lowest BCUT2D eigenvalue weighted by molar-refractivity contribution is -0.157. The van der Waals surface area contributed by atoms with E-state index in [1.54, 1.807) is 6.92 Å². The molecule has 3 unspecified atom stereocenters. The van der Waals surface area contributed by atoms with E-state index in [4.69, 9.17) is 4.74 Å². The second kappa shape index (κ2) is 11.4. The Balaban J connectivity index is 1.44. The van der Waals surface area contributed by atoms with Gasteiger partial charge in [-0.1, -0.05) is 67.0 Å². The molecule has 33 heavy (non-hydrogen) atoms. The zero-order valence-electron chi connectivity index (χ0n) is 21.0. The van der Waals surface area contributed by atoms with Crippen molar-refractivity contribution in [2.24, 2.45) is 35.0 Å². The molecule has 4 aliphatic rings. The van der Waals surface area contributed by atoms with Crippen molar-refractivity contribution in [2.75, 3.05) is 5.33 Å². The Morgan fingerprint density at radius 2 is 1.79 bits per heavy atom. The van der Waals surface area contributed by atoms with Gasteiger partial charge in [0.25, 0.3) is 0 Å². The van der Waals surface area contributed by atoms with Crippen LogP contribution in [0.1, 0.15) is 110 Å². The number of carbonyl (C=O) groups is 2. The maximum atomic E-state index is 12.2. The average molecular weight is 522 g/mol. The van der Waals surface area contributed by atoms with Gasteiger partial charge in [-0.3, -0.25) is 9.59 Å². The first-order valence-electron chi connectivity index (χ1n) is 13.9. The molecule has 0 bridgehead atoms. The molecule has 4 aliphatic carbocycles. The molecule has 3 nitrogen and oxygen atoms in total. The zero-order valence-corrected chi connectivity index (χ0v) is 22.5. The third-order valence-electron chi connectivity index (χ3n) is 9.90. The summed E-state index contributed by atoms with van der Waals surface area (Å²) in [6, 6.07) is 0. The van der Waals surface area contributed by atoms with E-state index < -0.39 is 0 Å². The number of hydrogen-bond acceptors (Lipinski definition) is 3. The number of carbonyl (C=O) groups excluding carboxylic acids is 2. The largest absolute Gasteiger partial charge is 0.462 e. The minimum atomic E-state index is -0.115. The molecule has 0 aromatic rings. The maximum Gasteiger partial charge on any atom is 0.302 e. The third-order valence-corrected chi connectivity index (χ3v) is 10.5. The molecule has 0 aromatic carbocycles. The smallest absolute Gasteiger partial charge is 0.302 e. The number of unbranched alkanes of at least 4 members (excludes halogenated alkanes) is 6. The number of ketones is 1. The van der Waals surface area contributed by atoms with Gasteiger partial charge in [-0.2, -0.15) is 0 Å². The molecule has 0 aromatic heterocycles. The van der Waals surface area contributed by atoms with Crippen LogP contribution in [0.2, 0.25) is 0 Å². The zero-order chi connectivity index (χ0) is 23.4. The van der Waals surface area contributed by atoms with Crippen LogP contribution in [0.3, 0.4) is 0 Å². The Bertz CT molecular complexity index is 730. The standard InChI is InChI=1S/C29H45BrO3/c1-20(31)33-27-14-13-26-28-21(10-8-6-4-3-5-7-9-17-30)18-22-19-23(32)11-12-24(22)25(28)15-16-29(26,27)2/h19,21,24-28H,3-18H2,1-2H3/t21-,24+,25?,26?,27+,28?,29+/m1/s1. The summed E-state index contributed by atoms with van der Waals surface area (Å²) in [5.74, 6) is 3.75. The summed E-state index contributed by atoms with van der Waals surface area (Å²) in [7, 11) is 0. The predicted molar refractivity (Wildman–Crippen MR) is 137 cm³/mol. The van der Waals surface area contributed by atoms with Gasteiger partial charge in [0.1, 0.15) is 6.10 Å². The Kier molecular flexibility index (Phi) is 8.79. The van der Waals surface area contributed by atoms with Crippen molar-refractivity contribution in [2.45, 2.75) is 116 Å². The van der Waals surface area contributed by atoms with Crippen LogP contribution < -0.4 is 0 Å². The van der Waals surface area contributed by atoms with Crippen LogP contribution in [0.25, 0.3) is 0 Å². The minimum absolute atomic E-state index is 0.103. The lowest BCUT2D eigenvalue weighted by atomic mass is 9.49. The molecule has 4 rings (SSSR count). The molecule has 0 saturated heterocycles. The summed E-state index contributed by atoms with van der Waals surface area (Å²) >= 11 is 3.53. The lowest BCUT2D eigenvalue weighted by Gasteiger charge is -2.56. The Morgan fingerprint density at radius 1 is 1.06 bits per heavy atom. The van der Waals surface area contributed by atoms with Crippen LogP contribution in [0.15, 0.2) is 11.6 Å². The van der Waals surface area contributed by atoms with Crippen molar-refractivity contribution >= 4 is 27.7 Å². The average Bonchev–Trinajstić information content (AvgIpc) is 3.10. The number of esters is 1. The fourth-order valence-electron chi connectivity index (χ4n) is 8.40. The first-order chi connectivity index (χ1) is 15.9. The van der Waals surface area contributed by atoms with Gasteiger partial charge in [-0.05, 0) is 87.0 Å². The van der Waals surface area contributed by atoms with Gasteiger partial charge in [0.05, 0.1) is 0 Å². The van der Waals surface area contributed by atoms with E-state index in [9.17, 15) is 9.59 Å². The maximum absolute atomic E-state index is 12.2. The lowest BCUT2D eigenvalue weighted by Crippen LogP contribution is -2.51. The van der Waals surface area contributed by atoms with Crippen LogP contribution >= 0.6 is 15.9 Å². The van der Waals surface area contributed by atoms with Crippen molar-refractivity contribution in [1.29, 1.82) is 0 Å². The fraction of sp³-hybridized carbons (Fsp3) is 0.862. The summed E-state index contributed by atoms with van der Waals surface area (Å²) in [6.07, 6.45) is 20.5. The number of alkyl halides is 1. The van der Waals surface area contributed by atoms with Crippen molar-refractivity contribution < 1.29 is 14.3 Å². The molecule has 3 fully saturated rings. The molecule has 0 aliphatic heterocycles. The number of halogens is 1. The first kappa shape index (κ1) is 25.5. The number of fused-ring (bicyclic) bond motifs is 5. The normalized spacial score (nSPS) is 37.7. The van der Waals surface area contributed by atoms with Gasteiger partial charge >= 0.3 is 5.97 Å². The monoisotopic (exact) mass is 520 g/mol. The SMILES string of the molecule is CC(=O)O[C@H]1CCC2C3C(CC[C@@]21C)[C@H]1CCC(=O)C=C1C[C@H]3CCCCCCCCCBr. The van der Waals surface area contributed by atoms with Crippen LogP contribution in [0, 0.1) is 35.0 Å². The van der Waals surface area contributed by atoms with Crippen LogP contribution in [-0.2, 0) is 14.3 Å². The Labute approximate surface area is 210 Å². The third kappa shape index (κ3) is 5.62. The summed E-state index contributed by atoms with van der Waals surface area (Å²) in [4.78, 5) is 24.0. The van der Waals surface area contributed by atoms with Crippen molar-refractivity contribution in [3.8, 4) is 0 Å². The highest BCUT2D eigenvalue weighted by molar-refractivity contribution is 9.09. The minimum Gasteiger partial charge on any atom is -0.462 e. The first-order valence-corrected chi connectivity index (χ1v) is 15.0. The van der Waals surface area contributed by atoms with Gasteiger partial charge in [0.15, 0.2) is 5.78 Å². The highest BCUT2D eigenvalue weighted by atomic mass is 79.9. The second-order valence-corrected chi connectivity index (χ2v) is 12.6. The van der Waals surface area contributed by atoms with Gasteiger partial charge < -0.3 is 4.74 Å². The summed E-state index contributed by atoms with van der Waals surface area (Å²) in [5, 5.41) is 1.13. The van der Waals surface area contributed by atoms with E-state index in [0.29, 0.717) is 23.5 Å². The fourth-order valence-corrected chi connectivity index (χ4v) is 8.80. The molecular formula is C29H45BrO3. The van der Waals surface area contributed by atoms with Gasteiger partial charge in [0.2, 0.25) is 0 Å². The molecule has 186 valence electrons. The predicted octanol–water partition coefficient (Wildman–Crippen LogP) is 7.80. The molecule has 3 saturated carbocycles. The molecule has 0 spiro atoms. The summed E-state index contributed by atoms with van der Waals surface area (Å²) < 4.78 is 5.87. The van der Waals surface area contributed by atoms with Crippen molar-refractivity contribution in [3.05, 3.63) is 11.6 Å². The quantitative estimate of drug-likeness (QED) is 0.167. The Hall–Kier alpha value is -0.640. The number of allylic oxidation sites excluding steroid dienone is 1. The summed E-state index contributed by atoms with van der Waals surface area (Å²) in [5.41, 5.74) is 1.64. The van der Waals surface area contributed by atoms with Gasteiger partial charge in [0, 0.05) is 24.1 Å². The summed E-state index contributed by atoms with van der Waals surface area (Å²) in [6.45, 7) is 4.00. The highest BCUT2D eigenvalue weighted by Gasteiger charge is 2.59. The van der Waals surface area contributed by atoms with Crippen molar-refractivity contribution in [1.82, 2.24) is 0 Å². The van der Waals surface area contributed by atoms with Crippen LogP contribution in [0.4, 0.5) is 0 Å². The van der Waals surface area contributed by atoms with Crippen molar-refractivity contribution in [3.63, 3.8) is 0 Å². The molecule has 0 radical (unpaired) electrons. The van der Waals surface area contributed by atoms with Crippen LogP contribution in [0.5, 0.6) is 0 Å². The second-order valence-electron chi connectivity index (χ2n) is 11.8. The van der Waals surface area contributed by atoms with Crippen LogP contribution in [-0.4, -0.2) is 23.2 Å². The number of rotatable bonds is 10. The molecule has 7 atom stereocenters. The van der Waals surface area contributed by atoms with E-state index >= 15 is 0 Å². The van der Waals surface area contributed by atoms with E-state index in [0.717, 1.165) is 42.8 Å². The molecule has 4 heteroatoms. The molecule has 0 N–H and O–H groups in total. The Morgan fingerprint density at radius 3 is 2.52 bits per heavy atom.